The van der Waals surface area contributed by atoms with Crippen molar-refractivity contribution in [2.45, 2.75) is 59.2 Å². The lowest BCUT2D eigenvalue weighted by Crippen LogP contribution is -2.49. The maximum Gasteiger partial charge on any atom is 0.408 e. The van der Waals surface area contributed by atoms with Crippen LogP contribution in [0.3, 0.4) is 0 Å². The molecule has 0 aromatic heterocycles. The van der Waals surface area contributed by atoms with Crippen LogP contribution in [0.2, 0.25) is 0 Å². The Morgan fingerprint density at radius 2 is 1.58 bits per heavy atom. The maximum absolute atomic E-state index is 13.4. The smallest absolute Gasteiger partial charge is 0.408 e. The lowest BCUT2D eigenvalue weighted by atomic mass is 9.98. The number of anilines is 1. The topological polar surface area (TPSA) is 87.7 Å². The van der Waals surface area contributed by atoms with Crippen molar-refractivity contribution in [2.75, 3.05) is 5.32 Å². The van der Waals surface area contributed by atoms with Crippen LogP contribution in [0, 0.1) is 26.3 Å². The van der Waals surface area contributed by atoms with E-state index in [0.29, 0.717) is 11.3 Å². The summed E-state index contributed by atoms with van der Waals surface area (Å²) >= 11 is 0. The van der Waals surface area contributed by atoms with Crippen LogP contribution in [0.4, 0.5) is 10.5 Å². The Morgan fingerprint density at radius 1 is 1.00 bits per heavy atom. The number of amides is 3. The van der Waals surface area contributed by atoms with E-state index in [-0.39, 0.29) is 0 Å². The highest BCUT2D eigenvalue weighted by Gasteiger charge is 2.35. The van der Waals surface area contributed by atoms with Gasteiger partial charge >= 0.3 is 6.09 Å². The Kier molecular flexibility index (Phi) is 8.25. The lowest BCUT2D eigenvalue weighted by Gasteiger charge is -2.30. The SMILES string of the molecule is C#CN(C(=O)C(C)NC(=O)OC(C)(C)C)C(C(=O)Nc1ccccc1C)c1ccccc1C. The minimum Gasteiger partial charge on any atom is -0.444 e. The molecule has 0 saturated heterocycles. The van der Waals surface area contributed by atoms with Gasteiger partial charge in [-0.1, -0.05) is 48.9 Å². The molecule has 7 nitrogen and oxygen atoms in total. The first-order chi connectivity index (χ1) is 15.4. The van der Waals surface area contributed by atoms with Gasteiger partial charge in [0.25, 0.3) is 11.8 Å². The molecule has 174 valence electrons. The summed E-state index contributed by atoms with van der Waals surface area (Å²) in [6.45, 7) is 10.4. The third kappa shape index (κ3) is 6.84. The molecule has 0 aliphatic heterocycles. The van der Waals surface area contributed by atoms with E-state index in [0.717, 1.165) is 16.0 Å². The van der Waals surface area contributed by atoms with E-state index >= 15 is 0 Å². The maximum atomic E-state index is 13.4. The minimum atomic E-state index is -1.11. The number of rotatable bonds is 6. The molecule has 2 aromatic rings. The minimum absolute atomic E-state index is 0.464. The highest BCUT2D eigenvalue weighted by molar-refractivity contribution is 6.00. The Hall–Kier alpha value is -3.79. The molecule has 0 heterocycles. The van der Waals surface area contributed by atoms with E-state index in [1.165, 1.54) is 6.92 Å². The van der Waals surface area contributed by atoms with Gasteiger partial charge in [-0.05, 0) is 64.3 Å². The molecule has 2 atom stereocenters. The predicted octanol–water partition coefficient (Wildman–Crippen LogP) is 4.32. The van der Waals surface area contributed by atoms with Gasteiger partial charge in [-0.3, -0.25) is 14.5 Å². The second-order valence-electron chi connectivity index (χ2n) is 8.77. The number of alkyl carbamates (subject to hydrolysis) is 1. The Labute approximate surface area is 195 Å². The summed E-state index contributed by atoms with van der Waals surface area (Å²) in [6.07, 6.45) is 4.97. The van der Waals surface area contributed by atoms with Crippen molar-refractivity contribution in [3.63, 3.8) is 0 Å². The van der Waals surface area contributed by atoms with Gasteiger partial charge in [0.1, 0.15) is 17.7 Å². The number of terminal acetylenes is 1. The second kappa shape index (κ2) is 10.7. The van der Waals surface area contributed by atoms with Crippen LogP contribution >= 0.6 is 0 Å². The van der Waals surface area contributed by atoms with Crippen LogP contribution in [-0.2, 0) is 14.3 Å². The molecule has 2 unspecified atom stereocenters. The molecule has 2 aromatic carbocycles. The van der Waals surface area contributed by atoms with Crippen molar-refractivity contribution in [3.8, 4) is 12.5 Å². The third-order valence-corrected chi connectivity index (χ3v) is 4.87. The number of carbonyl (C=O) groups excluding carboxylic acids is 3. The number of hydrogen-bond donors (Lipinski definition) is 2. The van der Waals surface area contributed by atoms with Gasteiger partial charge in [0.15, 0.2) is 0 Å². The fourth-order valence-electron chi connectivity index (χ4n) is 3.23. The number of nitrogens with one attached hydrogen (secondary N) is 2. The number of benzene rings is 2. The van der Waals surface area contributed by atoms with Gasteiger partial charge in [-0.25, -0.2) is 4.79 Å². The average Bonchev–Trinajstić information content (AvgIpc) is 2.72. The van der Waals surface area contributed by atoms with Gasteiger partial charge in [0.05, 0.1) is 0 Å². The zero-order valence-electron chi connectivity index (χ0n) is 19.9. The van der Waals surface area contributed by atoms with Gasteiger partial charge in [0, 0.05) is 11.7 Å². The summed E-state index contributed by atoms with van der Waals surface area (Å²) in [6, 6.07) is 14.7. The molecule has 0 bridgehead atoms. The quantitative estimate of drug-likeness (QED) is 0.508. The Morgan fingerprint density at radius 3 is 2.12 bits per heavy atom. The molecule has 3 amide bonds. The van der Waals surface area contributed by atoms with Crippen molar-refractivity contribution in [2.24, 2.45) is 0 Å². The number of carbonyl (C=O) groups is 3. The van der Waals surface area contributed by atoms with E-state index in [2.05, 4.69) is 16.7 Å². The first kappa shape index (κ1) is 25.5. The predicted molar refractivity (Wildman–Crippen MR) is 128 cm³/mol. The summed E-state index contributed by atoms with van der Waals surface area (Å²) in [5, 5.41) is 5.37. The molecular weight excluding hydrogens is 418 g/mol. The summed E-state index contributed by atoms with van der Waals surface area (Å²) in [5.41, 5.74) is 2.14. The van der Waals surface area contributed by atoms with Crippen LogP contribution in [0.5, 0.6) is 0 Å². The molecule has 0 saturated carbocycles. The summed E-state index contributed by atoms with van der Waals surface area (Å²) in [7, 11) is 0. The normalized spacial score (nSPS) is 12.6. The third-order valence-electron chi connectivity index (χ3n) is 4.87. The van der Waals surface area contributed by atoms with Crippen molar-refractivity contribution >= 4 is 23.6 Å². The number of hydrogen-bond acceptors (Lipinski definition) is 4. The average molecular weight is 450 g/mol. The van der Waals surface area contributed by atoms with Crippen LogP contribution in [-0.4, -0.2) is 34.5 Å². The highest BCUT2D eigenvalue weighted by Crippen LogP contribution is 2.27. The second-order valence-corrected chi connectivity index (χ2v) is 8.77. The highest BCUT2D eigenvalue weighted by atomic mass is 16.6. The Balaban J connectivity index is 2.38. The number of ether oxygens (including phenoxy) is 1. The molecule has 2 N–H and O–H groups in total. The monoisotopic (exact) mass is 449 g/mol. The van der Waals surface area contributed by atoms with Crippen molar-refractivity contribution < 1.29 is 19.1 Å². The van der Waals surface area contributed by atoms with E-state index in [1.807, 2.05) is 44.2 Å². The van der Waals surface area contributed by atoms with Gasteiger partial charge < -0.3 is 15.4 Å². The van der Waals surface area contributed by atoms with E-state index < -0.39 is 35.6 Å². The van der Waals surface area contributed by atoms with Crippen LogP contribution in [0.15, 0.2) is 48.5 Å². The van der Waals surface area contributed by atoms with Crippen molar-refractivity contribution in [1.82, 2.24) is 10.2 Å². The summed E-state index contributed by atoms with van der Waals surface area (Å²) < 4.78 is 5.22. The molecule has 7 heteroatoms. The standard InChI is InChI=1S/C26H31N3O4/c1-8-29(24(31)19(4)27-25(32)33-26(5,6)7)22(20-15-11-9-13-17(20)2)23(30)28-21-16-12-10-14-18(21)3/h1,9-16,19,22H,2-7H3,(H,27,32)(H,28,30). The molecule has 0 aliphatic carbocycles. The molecule has 33 heavy (non-hydrogen) atoms. The van der Waals surface area contributed by atoms with Crippen molar-refractivity contribution in [1.29, 1.82) is 0 Å². The summed E-state index contributed by atoms with van der Waals surface area (Å²) in [5.74, 6) is -1.08. The van der Waals surface area contributed by atoms with Gasteiger partial charge in [0.2, 0.25) is 0 Å². The van der Waals surface area contributed by atoms with E-state index in [1.54, 1.807) is 39.0 Å². The zero-order valence-corrected chi connectivity index (χ0v) is 19.9. The lowest BCUT2D eigenvalue weighted by molar-refractivity contribution is -0.136. The fraction of sp³-hybridized carbons (Fsp3) is 0.346. The van der Waals surface area contributed by atoms with E-state index in [9.17, 15) is 14.4 Å². The fourth-order valence-corrected chi connectivity index (χ4v) is 3.23. The van der Waals surface area contributed by atoms with Crippen LogP contribution in [0.1, 0.15) is 50.4 Å². The first-order valence-corrected chi connectivity index (χ1v) is 10.7. The molecule has 0 fully saturated rings. The molecule has 0 radical (unpaired) electrons. The largest absolute Gasteiger partial charge is 0.444 e. The van der Waals surface area contributed by atoms with Crippen LogP contribution < -0.4 is 10.6 Å². The van der Waals surface area contributed by atoms with E-state index in [4.69, 9.17) is 11.2 Å². The molecule has 0 spiro atoms. The molecule has 0 aliphatic rings. The number of para-hydroxylation sites is 1. The zero-order chi connectivity index (χ0) is 24.8. The van der Waals surface area contributed by atoms with Gasteiger partial charge in [-0.15, -0.1) is 0 Å². The number of nitrogens with zero attached hydrogens (tertiary/aromatic N) is 1. The van der Waals surface area contributed by atoms with Gasteiger partial charge in [-0.2, -0.15) is 0 Å². The van der Waals surface area contributed by atoms with Crippen LogP contribution in [0.25, 0.3) is 0 Å². The number of aryl methyl sites for hydroxylation is 2. The molecular formula is C26H31N3O4. The molecule has 2 rings (SSSR count). The van der Waals surface area contributed by atoms with Crippen molar-refractivity contribution in [3.05, 3.63) is 65.2 Å². The Bertz CT molecular complexity index is 1070. The first-order valence-electron chi connectivity index (χ1n) is 10.7. The summed E-state index contributed by atoms with van der Waals surface area (Å²) in [4.78, 5) is 39.9.